The molecule has 2 rings (SSSR count). The fourth-order valence-electron chi connectivity index (χ4n) is 2.20. The van der Waals surface area contributed by atoms with Gasteiger partial charge in [-0.1, -0.05) is 0 Å². The van der Waals surface area contributed by atoms with Crippen molar-refractivity contribution in [1.29, 1.82) is 0 Å². The molecule has 1 aliphatic heterocycles. The summed E-state index contributed by atoms with van der Waals surface area (Å²) in [5, 5.41) is 3.36. The van der Waals surface area contributed by atoms with Gasteiger partial charge < -0.3 is 10.1 Å². The van der Waals surface area contributed by atoms with Crippen LogP contribution >= 0.6 is 0 Å². The van der Waals surface area contributed by atoms with E-state index in [1.165, 1.54) is 0 Å². The van der Waals surface area contributed by atoms with Crippen LogP contribution in [0.15, 0.2) is 29.2 Å². The molecule has 20 heavy (non-hydrogen) atoms. The second-order valence-electron chi connectivity index (χ2n) is 5.36. The molecule has 0 spiro atoms. The first kappa shape index (κ1) is 15.3. The van der Waals surface area contributed by atoms with Crippen LogP contribution in [0.5, 0.6) is 0 Å². The molecule has 1 aromatic carbocycles. The summed E-state index contributed by atoms with van der Waals surface area (Å²) < 4.78 is 32.0. The molecule has 0 saturated carbocycles. The number of hydrogen-bond donors (Lipinski definition) is 2. The fraction of sp³-hybridized carbons (Fsp3) is 0.571. The average molecular weight is 298 g/mol. The van der Waals surface area contributed by atoms with Gasteiger partial charge in [0.15, 0.2) is 0 Å². The van der Waals surface area contributed by atoms with E-state index in [4.69, 9.17) is 4.74 Å². The van der Waals surface area contributed by atoms with Crippen LogP contribution in [0.2, 0.25) is 0 Å². The normalized spacial score (nSPS) is 20.1. The van der Waals surface area contributed by atoms with Gasteiger partial charge in [0.05, 0.1) is 11.5 Å². The van der Waals surface area contributed by atoms with Crippen molar-refractivity contribution in [3.63, 3.8) is 0 Å². The second-order valence-corrected chi connectivity index (χ2v) is 7.07. The van der Waals surface area contributed by atoms with E-state index in [0.29, 0.717) is 12.6 Å². The van der Waals surface area contributed by atoms with Crippen molar-refractivity contribution in [2.24, 2.45) is 0 Å². The van der Waals surface area contributed by atoms with Crippen molar-refractivity contribution >= 4 is 15.7 Å². The smallest absolute Gasteiger partial charge is 0.240 e. The lowest BCUT2D eigenvalue weighted by atomic mass is 10.1. The van der Waals surface area contributed by atoms with E-state index in [9.17, 15) is 8.42 Å². The highest BCUT2D eigenvalue weighted by Gasteiger charge is 2.16. The van der Waals surface area contributed by atoms with Gasteiger partial charge in [-0.15, -0.1) is 0 Å². The molecule has 0 aromatic heterocycles. The standard InChI is InChI=1S/C14H22N2O3S/c1-11(2)16-20(17,18)14-7-5-12(6-8-14)15-13-4-3-9-19-10-13/h5-8,11,13,15-16H,3-4,9-10H2,1-2H3. The van der Waals surface area contributed by atoms with Crippen molar-refractivity contribution in [3.05, 3.63) is 24.3 Å². The Hall–Kier alpha value is -1.11. The predicted octanol–water partition coefficient (Wildman–Crippen LogP) is 1.96. The van der Waals surface area contributed by atoms with Crippen LogP contribution in [-0.2, 0) is 14.8 Å². The number of anilines is 1. The van der Waals surface area contributed by atoms with Gasteiger partial charge in [-0.3, -0.25) is 0 Å². The lowest BCUT2D eigenvalue weighted by molar-refractivity contribution is 0.0876. The van der Waals surface area contributed by atoms with E-state index in [2.05, 4.69) is 10.0 Å². The van der Waals surface area contributed by atoms with Crippen LogP contribution in [0, 0.1) is 0 Å². The molecule has 1 saturated heterocycles. The van der Waals surface area contributed by atoms with Gasteiger partial charge in [0.2, 0.25) is 10.0 Å². The van der Waals surface area contributed by atoms with Gasteiger partial charge >= 0.3 is 0 Å². The molecule has 0 bridgehead atoms. The first-order chi connectivity index (χ1) is 9.47. The van der Waals surface area contributed by atoms with E-state index >= 15 is 0 Å². The molecule has 0 aliphatic carbocycles. The molecule has 1 unspecified atom stereocenters. The predicted molar refractivity (Wildman–Crippen MR) is 79.4 cm³/mol. The molecule has 1 aliphatic rings. The summed E-state index contributed by atoms with van der Waals surface area (Å²) in [6.07, 6.45) is 2.14. The highest BCUT2D eigenvalue weighted by Crippen LogP contribution is 2.17. The summed E-state index contributed by atoms with van der Waals surface area (Å²) >= 11 is 0. The molecule has 1 heterocycles. The maximum atomic E-state index is 12.0. The Morgan fingerprint density at radius 1 is 1.25 bits per heavy atom. The number of rotatable bonds is 5. The molecule has 0 amide bonds. The Bertz CT molecular complexity index is 520. The Kier molecular flexibility index (Phi) is 5.01. The average Bonchev–Trinajstić information content (AvgIpc) is 2.39. The van der Waals surface area contributed by atoms with E-state index in [-0.39, 0.29) is 10.9 Å². The number of hydrogen-bond acceptors (Lipinski definition) is 4. The van der Waals surface area contributed by atoms with Crippen molar-refractivity contribution in [1.82, 2.24) is 4.72 Å². The monoisotopic (exact) mass is 298 g/mol. The Labute approximate surface area is 120 Å². The van der Waals surface area contributed by atoms with Crippen molar-refractivity contribution < 1.29 is 13.2 Å². The number of benzene rings is 1. The van der Waals surface area contributed by atoms with E-state index in [0.717, 1.165) is 25.1 Å². The van der Waals surface area contributed by atoms with Crippen molar-refractivity contribution in [2.75, 3.05) is 18.5 Å². The van der Waals surface area contributed by atoms with Crippen molar-refractivity contribution in [3.8, 4) is 0 Å². The van der Waals surface area contributed by atoms with E-state index in [1.54, 1.807) is 38.1 Å². The highest BCUT2D eigenvalue weighted by molar-refractivity contribution is 7.89. The molecule has 6 heteroatoms. The summed E-state index contributed by atoms with van der Waals surface area (Å²) in [6.45, 7) is 5.14. The zero-order valence-electron chi connectivity index (χ0n) is 11.9. The number of sulfonamides is 1. The molecule has 1 aromatic rings. The molecule has 5 nitrogen and oxygen atoms in total. The van der Waals surface area contributed by atoms with Crippen LogP contribution in [0.4, 0.5) is 5.69 Å². The first-order valence-corrected chi connectivity index (χ1v) is 8.42. The summed E-state index contributed by atoms with van der Waals surface area (Å²) in [7, 11) is -3.41. The fourth-order valence-corrected chi connectivity index (χ4v) is 3.45. The van der Waals surface area contributed by atoms with Gasteiger partial charge in [0, 0.05) is 24.4 Å². The van der Waals surface area contributed by atoms with Crippen LogP contribution in [0.1, 0.15) is 26.7 Å². The van der Waals surface area contributed by atoms with Gasteiger partial charge in [-0.05, 0) is 51.0 Å². The lowest BCUT2D eigenvalue weighted by Gasteiger charge is -2.24. The molecule has 112 valence electrons. The molecule has 2 N–H and O–H groups in total. The molecular weight excluding hydrogens is 276 g/mol. The maximum Gasteiger partial charge on any atom is 0.240 e. The zero-order chi connectivity index (χ0) is 14.6. The van der Waals surface area contributed by atoms with Gasteiger partial charge in [0.1, 0.15) is 0 Å². The van der Waals surface area contributed by atoms with Gasteiger partial charge in [0.25, 0.3) is 0 Å². The van der Waals surface area contributed by atoms with Gasteiger partial charge in [-0.2, -0.15) is 0 Å². The van der Waals surface area contributed by atoms with Gasteiger partial charge in [-0.25, -0.2) is 13.1 Å². The third kappa shape index (κ3) is 4.19. The third-order valence-electron chi connectivity index (χ3n) is 3.09. The molecule has 1 atom stereocenters. The number of nitrogens with one attached hydrogen (secondary N) is 2. The van der Waals surface area contributed by atoms with Crippen LogP contribution in [0.3, 0.4) is 0 Å². The minimum Gasteiger partial charge on any atom is -0.380 e. The highest BCUT2D eigenvalue weighted by atomic mass is 32.2. The molecular formula is C14H22N2O3S. The largest absolute Gasteiger partial charge is 0.380 e. The first-order valence-electron chi connectivity index (χ1n) is 6.94. The van der Waals surface area contributed by atoms with E-state index in [1.807, 2.05) is 0 Å². The Morgan fingerprint density at radius 3 is 2.50 bits per heavy atom. The molecule has 1 fully saturated rings. The summed E-state index contributed by atoms with van der Waals surface area (Å²) in [6, 6.07) is 7.03. The zero-order valence-corrected chi connectivity index (χ0v) is 12.7. The summed E-state index contributed by atoms with van der Waals surface area (Å²) in [4.78, 5) is 0.289. The maximum absolute atomic E-state index is 12.0. The minimum atomic E-state index is -3.41. The van der Waals surface area contributed by atoms with Crippen LogP contribution in [-0.4, -0.2) is 33.7 Å². The minimum absolute atomic E-state index is 0.114. The summed E-state index contributed by atoms with van der Waals surface area (Å²) in [5.74, 6) is 0. The second kappa shape index (κ2) is 6.56. The number of ether oxygens (including phenoxy) is 1. The van der Waals surface area contributed by atoms with Crippen LogP contribution < -0.4 is 10.0 Å². The SMILES string of the molecule is CC(C)NS(=O)(=O)c1ccc(NC2CCCOC2)cc1. The summed E-state index contributed by atoms with van der Waals surface area (Å²) in [5.41, 5.74) is 0.920. The lowest BCUT2D eigenvalue weighted by Crippen LogP contribution is -2.30. The van der Waals surface area contributed by atoms with E-state index < -0.39 is 10.0 Å². The van der Waals surface area contributed by atoms with Crippen molar-refractivity contribution in [2.45, 2.75) is 43.7 Å². The van der Waals surface area contributed by atoms with Crippen LogP contribution in [0.25, 0.3) is 0 Å². The molecule has 0 radical (unpaired) electrons. The topological polar surface area (TPSA) is 67.4 Å². The Morgan fingerprint density at radius 2 is 1.95 bits per heavy atom. The third-order valence-corrected chi connectivity index (χ3v) is 4.76. The quantitative estimate of drug-likeness (QED) is 0.872. The Balaban J connectivity index is 2.02.